The summed E-state index contributed by atoms with van der Waals surface area (Å²) in [4.78, 5) is 14.5. The lowest BCUT2D eigenvalue weighted by atomic mass is 9.88. The lowest BCUT2D eigenvalue weighted by Gasteiger charge is -2.38. The molecule has 1 atom stereocenters. The first-order chi connectivity index (χ1) is 12.8. The van der Waals surface area contributed by atoms with Gasteiger partial charge >= 0.3 is 12.2 Å². The van der Waals surface area contributed by atoms with Gasteiger partial charge in [-0.25, -0.2) is 4.79 Å². The molecule has 0 aliphatic carbocycles. The molecule has 0 fully saturated rings. The van der Waals surface area contributed by atoms with Gasteiger partial charge in [-0.2, -0.15) is 13.2 Å². The number of nitrogens with zero attached hydrogens (tertiary/aromatic N) is 1. The number of alkyl halides is 3. The van der Waals surface area contributed by atoms with E-state index in [9.17, 15) is 18.0 Å². The molecule has 0 spiro atoms. The first-order valence-corrected chi connectivity index (χ1v) is 9.07. The van der Waals surface area contributed by atoms with Gasteiger partial charge in [-0.15, -0.1) is 0 Å². The second kappa shape index (κ2) is 7.62. The predicted molar refractivity (Wildman–Crippen MR) is 98.4 cm³/mol. The first-order valence-electron chi connectivity index (χ1n) is 9.07. The van der Waals surface area contributed by atoms with Crippen molar-refractivity contribution in [2.45, 2.75) is 32.5 Å². The molecule has 27 heavy (non-hydrogen) atoms. The molecule has 1 N–H and O–H groups in total. The summed E-state index contributed by atoms with van der Waals surface area (Å²) in [5, 5.41) is 2.92. The Morgan fingerprint density at radius 2 is 1.81 bits per heavy atom. The van der Waals surface area contributed by atoms with Crippen molar-refractivity contribution in [3.8, 4) is 0 Å². The van der Waals surface area contributed by atoms with Crippen LogP contribution >= 0.6 is 0 Å². The van der Waals surface area contributed by atoms with Gasteiger partial charge < -0.3 is 10.2 Å². The fourth-order valence-electron chi connectivity index (χ4n) is 3.39. The molecule has 1 aliphatic heterocycles. The summed E-state index contributed by atoms with van der Waals surface area (Å²) in [5.74, 6) is 0.315. The van der Waals surface area contributed by atoms with Crippen LogP contribution in [0.1, 0.15) is 42.1 Å². The SMILES string of the molecule is CC(C)CNC(=O)N1CCc2ccccc2C1c1ccc(C(F)(F)F)cc1. The number of benzene rings is 2. The maximum Gasteiger partial charge on any atom is 0.416 e. The third-order valence-corrected chi connectivity index (χ3v) is 4.76. The van der Waals surface area contributed by atoms with Crippen molar-refractivity contribution in [2.24, 2.45) is 5.92 Å². The standard InChI is InChI=1S/C21H23F3N2O/c1-14(2)13-25-20(27)26-12-11-15-5-3-4-6-18(15)19(26)16-7-9-17(10-8-16)21(22,23)24/h3-10,14,19H,11-13H2,1-2H3,(H,25,27). The minimum Gasteiger partial charge on any atom is -0.338 e. The zero-order valence-electron chi connectivity index (χ0n) is 15.4. The first kappa shape index (κ1) is 19.3. The number of carbonyl (C=O) groups excluding carboxylic acids is 1. The van der Waals surface area contributed by atoms with Gasteiger partial charge in [0, 0.05) is 13.1 Å². The summed E-state index contributed by atoms with van der Waals surface area (Å²) in [7, 11) is 0. The van der Waals surface area contributed by atoms with Crippen LogP contribution in [0.25, 0.3) is 0 Å². The van der Waals surface area contributed by atoms with Crippen LogP contribution in [-0.4, -0.2) is 24.0 Å². The Hall–Kier alpha value is -2.50. The number of amides is 2. The molecule has 1 unspecified atom stereocenters. The zero-order valence-corrected chi connectivity index (χ0v) is 15.4. The summed E-state index contributed by atoms with van der Waals surface area (Å²) in [6, 6.07) is 12.3. The van der Waals surface area contributed by atoms with Crippen molar-refractivity contribution >= 4 is 6.03 Å². The molecule has 6 heteroatoms. The Kier molecular flexibility index (Phi) is 5.44. The Labute approximate surface area is 157 Å². The van der Waals surface area contributed by atoms with E-state index in [1.165, 1.54) is 12.1 Å². The minimum atomic E-state index is -4.38. The summed E-state index contributed by atoms with van der Waals surface area (Å²) in [6.45, 7) is 5.10. The van der Waals surface area contributed by atoms with Crippen molar-refractivity contribution < 1.29 is 18.0 Å². The van der Waals surface area contributed by atoms with Gasteiger partial charge in [0.2, 0.25) is 0 Å². The van der Waals surface area contributed by atoms with E-state index < -0.39 is 17.8 Å². The monoisotopic (exact) mass is 376 g/mol. The zero-order chi connectivity index (χ0) is 19.6. The van der Waals surface area contributed by atoms with Gasteiger partial charge in [0.25, 0.3) is 0 Å². The van der Waals surface area contributed by atoms with Gasteiger partial charge in [-0.05, 0) is 41.2 Å². The number of hydrogen-bond acceptors (Lipinski definition) is 1. The van der Waals surface area contributed by atoms with E-state index in [2.05, 4.69) is 5.32 Å². The third-order valence-electron chi connectivity index (χ3n) is 4.76. The molecule has 144 valence electrons. The topological polar surface area (TPSA) is 32.3 Å². The highest BCUT2D eigenvalue weighted by Gasteiger charge is 2.34. The molecular formula is C21H23F3N2O. The minimum absolute atomic E-state index is 0.192. The van der Waals surface area contributed by atoms with Crippen LogP contribution in [0.5, 0.6) is 0 Å². The smallest absolute Gasteiger partial charge is 0.338 e. The molecular weight excluding hydrogens is 353 g/mol. The van der Waals surface area contributed by atoms with E-state index in [4.69, 9.17) is 0 Å². The lowest BCUT2D eigenvalue weighted by molar-refractivity contribution is -0.137. The van der Waals surface area contributed by atoms with Crippen molar-refractivity contribution in [2.75, 3.05) is 13.1 Å². The highest BCUT2D eigenvalue weighted by molar-refractivity contribution is 5.76. The van der Waals surface area contributed by atoms with Crippen molar-refractivity contribution in [1.29, 1.82) is 0 Å². The number of fused-ring (bicyclic) bond motifs is 1. The molecule has 2 aromatic carbocycles. The summed E-state index contributed by atoms with van der Waals surface area (Å²) < 4.78 is 38.7. The average molecular weight is 376 g/mol. The van der Waals surface area contributed by atoms with Gasteiger partial charge in [-0.3, -0.25) is 0 Å². The van der Waals surface area contributed by atoms with E-state index in [1.54, 1.807) is 4.90 Å². The molecule has 3 rings (SSSR count). The number of halogens is 3. The fourth-order valence-corrected chi connectivity index (χ4v) is 3.39. The average Bonchev–Trinajstić information content (AvgIpc) is 2.64. The van der Waals surface area contributed by atoms with Crippen LogP contribution in [0.3, 0.4) is 0 Å². The molecule has 0 bridgehead atoms. The second-order valence-electron chi connectivity index (χ2n) is 7.24. The summed E-state index contributed by atoms with van der Waals surface area (Å²) in [5.41, 5.74) is 2.07. The molecule has 1 aliphatic rings. The van der Waals surface area contributed by atoms with Crippen molar-refractivity contribution in [1.82, 2.24) is 10.2 Å². The normalized spacial score (nSPS) is 17.0. The van der Waals surface area contributed by atoms with Crippen molar-refractivity contribution in [3.63, 3.8) is 0 Å². The largest absolute Gasteiger partial charge is 0.416 e. The van der Waals surface area contributed by atoms with E-state index in [1.807, 2.05) is 38.1 Å². The van der Waals surface area contributed by atoms with Crippen LogP contribution in [0, 0.1) is 5.92 Å². The van der Waals surface area contributed by atoms with E-state index in [0.717, 1.165) is 29.7 Å². The van der Waals surface area contributed by atoms with Crippen molar-refractivity contribution in [3.05, 3.63) is 70.8 Å². The van der Waals surface area contributed by atoms with Crippen LogP contribution in [0.2, 0.25) is 0 Å². The maximum atomic E-state index is 12.9. The Balaban J connectivity index is 1.96. The van der Waals surface area contributed by atoms with E-state index in [-0.39, 0.29) is 6.03 Å². The third kappa shape index (κ3) is 4.26. The molecule has 1 heterocycles. The molecule has 2 amide bonds. The van der Waals surface area contributed by atoms with Gasteiger partial charge in [0.1, 0.15) is 0 Å². The molecule has 0 radical (unpaired) electrons. The molecule has 0 saturated heterocycles. The number of urea groups is 1. The van der Waals surface area contributed by atoms with Gasteiger partial charge in [0.15, 0.2) is 0 Å². The fraction of sp³-hybridized carbons (Fsp3) is 0.381. The Morgan fingerprint density at radius 1 is 1.15 bits per heavy atom. The highest BCUT2D eigenvalue weighted by atomic mass is 19.4. The molecule has 0 aromatic heterocycles. The number of carbonyl (C=O) groups is 1. The molecule has 2 aromatic rings. The highest BCUT2D eigenvalue weighted by Crippen LogP contribution is 2.37. The van der Waals surface area contributed by atoms with E-state index >= 15 is 0 Å². The van der Waals surface area contributed by atoms with Gasteiger partial charge in [0.05, 0.1) is 11.6 Å². The van der Waals surface area contributed by atoms with Gasteiger partial charge in [-0.1, -0.05) is 50.2 Å². The van der Waals surface area contributed by atoms with E-state index in [0.29, 0.717) is 24.6 Å². The van der Waals surface area contributed by atoms with Crippen LogP contribution in [0.15, 0.2) is 48.5 Å². The molecule has 0 saturated carbocycles. The van der Waals surface area contributed by atoms with Crippen LogP contribution in [0.4, 0.5) is 18.0 Å². The Morgan fingerprint density at radius 3 is 2.44 bits per heavy atom. The maximum absolute atomic E-state index is 12.9. The van der Waals surface area contributed by atoms with Crippen LogP contribution in [-0.2, 0) is 12.6 Å². The predicted octanol–water partition coefficient (Wildman–Crippen LogP) is 5.02. The molecule has 3 nitrogen and oxygen atoms in total. The van der Waals surface area contributed by atoms with Crippen LogP contribution < -0.4 is 5.32 Å². The summed E-state index contributed by atoms with van der Waals surface area (Å²) >= 11 is 0. The number of hydrogen-bond donors (Lipinski definition) is 1. The quantitative estimate of drug-likeness (QED) is 0.802. The lowest BCUT2D eigenvalue weighted by Crippen LogP contribution is -2.46. The number of nitrogens with one attached hydrogen (secondary N) is 1. The summed E-state index contributed by atoms with van der Waals surface area (Å²) in [6.07, 6.45) is -3.65. The second-order valence-corrected chi connectivity index (χ2v) is 7.24. The Bertz CT molecular complexity index is 800. The number of rotatable bonds is 3.